The second kappa shape index (κ2) is 7.07. The molecule has 0 aliphatic carbocycles. The van der Waals surface area contributed by atoms with Crippen molar-refractivity contribution in [1.82, 2.24) is 0 Å². The molecule has 0 bridgehead atoms. The summed E-state index contributed by atoms with van der Waals surface area (Å²) in [4.78, 5) is 12.6. The van der Waals surface area contributed by atoms with Gasteiger partial charge in [-0.25, -0.2) is 4.79 Å². The zero-order chi connectivity index (χ0) is 12.8. The van der Waals surface area contributed by atoms with Crippen LogP contribution in [-0.2, 0) is 4.74 Å². The Morgan fingerprint density at radius 3 is 2.65 bits per heavy atom. The standard InChI is InChI=1S/C13H17BrO2S/c1-3-9(4-2)8-16-13(15)11-7-10(17)5-6-12(11)14/h5-7,9,17H,3-4,8H2,1-2H3. The topological polar surface area (TPSA) is 26.3 Å². The maximum Gasteiger partial charge on any atom is 0.339 e. The van der Waals surface area contributed by atoms with E-state index in [4.69, 9.17) is 4.74 Å². The number of rotatable bonds is 5. The Bertz CT molecular complexity index is 389. The predicted molar refractivity (Wildman–Crippen MR) is 75.7 cm³/mol. The van der Waals surface area contributed by atoms with E-state index in [2.05, 4.69) is 42.4 Å². The third-order valence-corrected chi connectivity index (χ3v) is 3.74. The van der Waals surface area contributed by atoms with Crippen molar-refractivity contribution in [2.45, 2.75) is 31.6 Å². The Morgan fingerprint density at radius 2 is 2.06 bits per heavy atom. The number of ether oxygens (including phenoxy) is 1. The minimum atomic E-state index is -0.292. The van der Waals surface area contributed by atoms with Crippen LogP contribution in [0, 0.1) is 5.92 Å². The molecule has 2 nitrogen and oxygen atoms in total. The average Bonchev–Trinajstić information content (AvgIpc) is 2.33. The summed E-state index contributed by atoms with van der Waals surface area (Å²) in [6, 6.07) is 5.34. The normalized spacial score (nSPS) is 10.6. The van der Waals surface area contributed by atoms with Gasteiger partial charge in [-0.3, -0.25) is 0 Å². The van der Waals surface area contributed by atoms with Gasteiger partial charge < -0.3 is 4.74 Å². The summed E-state index contributed by atoms with van der Waals surface area (Å²) in [5, 5.41) is 0. The number of esters is 1. The third kappa shape index (κ3) is 4.36. The Kier molecular flexibility index (Phi) is 6.06. The zero-order valence-corrected chi connectivity index (χ0v) is 12.6. The summed E-state index contributed by atoms with van der Waals surface area (Å²) in [6.45, 7) is 4.69. The number of hydrogen-bond donors (Lipinski definition) is 1. The van der Waals surface area contributed by atoms with Gasteiger partial charge in [0.1, 0.15) is 0 Å². The van der Waals surface area contributed by atoms with Gasteiger partial charge >= 0.3 is 5.97 Å². The molecule has 0 fully saturated rings. The summed E-state index contributed by atoms with van der Waals surface area (Å²) in [5.74, 6) is 0.150. The molecule has 0 spiro atoms. The first-order valence-electron chi connectivity index (χ1n) is 5.74. The molecular formula is C13H17BrO2S. The van der Waals surface area contributed by atoms with Crippen molar-refractivity contribution >= 4 is 34.5 Å². The molecule has 1 rings (SSSR count). The lowest BCUT2D eigenvalue weighted by Crippen LogP contribution is -2.13. The molecule has 0 heterocycles. The van der Waals surface area contributed by atoms with Gasteiger partial charge in [0.25, 0.3) is 0 Å². The highest BCUT2D eigenvalue weighted by Crippen LogP contribution is 2.21. The SMILES string of the molecule is CCC(CC)COC(=O)c1cc(S)ccc1Br. The fourth-order valence-electron chi connectivity index (χ4n) is 1.47. The van der Waals surface area contributed by atoms with E-state index in [0.717, 1.165) is 22.2 Å². The molecule has 0 aromatic heterocycles. The molecule has 1 aromatic carbocycles. The zero-order valence-electron chi connectivity index (χ0n) is 10.1. The predicted octanol–water partition coefficient (Wildman–Crippen LogP) is 4.33. The molecular weight excluding hydrogens is 300 g/mol. The average molecular weight is 317 g/mol. The smallest absolute Gasteiger partial charge is 0.339 e. The Morgan fingerprint density at radius 1 is 1.41 bits per heavy atom. The summed E-state index contributed by atoms with van der Waals surface area (Å²) < 4.78 is 6.05. The minimum Gasteiger partial charge on any atom is -0.462 e. The Hall–Kier alpha value is -0.480. The first-order chi connectivity index (χ1) is 8.08. The molecule has 17 heavy (non-hydrogen) atoms. The third-order valence-electron chi connectivity index (χ3n) is 2.77. The van der Waals surface area contributed by atoms with Gasteiger partial charge in [0.2, 0.25) is 0 Å². The number of benzene rings is 1. The van der Waals surface area contributed by atoms with Gasteiger partial charge in [-0.15, -0.1) is 12.6 Å². The van der Waals surface area contributed by atoms with E-state index < -0.39 is 0 Å². The molecule has 0 aliphatic heterocycles. The van der Waals surface area contributed by atoms with Crippen LogP contribution in [-0.4, -0.2) is 12.6 Å². The van der Waals surface area contributed by atoms with Crippen molar-refractivity contribution in [3.05, 3.63) is 28.2 Å². The molecule has 0 saturated carbocycles. The number of carbonyl (C=O) groups is 1. The highest BCUT2D eigenvalue weighted by atomic mass is 79.9. The van der Waals surface area contributed by atoms with E-state index in [-0.39, 0.29) is 5.97 Å². The summed E-state index contributed by atoms with van der Waals surface area (Å²) in [6.07, 6.45) is 2.05. The molecule has 0 atom stereocenters. The van der Waals surface area contributed by atoms with Crippen LogP contribution in [0.5, 0.6) is 0 Å². The number of thiol groups is 1. The lowest BCUT2D eigenvalue weighted by Gasteiger charge is -2.13. The number of hydrogen-bond acceptors (Lipinski definition) is 3. The molecule has 4 heteroatoms. The molecule has 0 N–H and O–H groups in total. The Balaban J connectivity index is 2.66. The Labute approximate surface area is 116 Å². The van der Waals surface area contributed by atoms with Crippen LogP contribution < -0.4 is 0 Å². The van der Waals surface area contributed by atoms with Crippen molar-refractivity contribution in [2.24, 2.45) is 5.92 Å². The van der Waals surface area contributed by atoms with Crippen LogP contribution in [0.2, 0.25) is 0 Å². The molecule has 0 saturated heterocycles. The van der Waals surface area contributed by atoms with Crippen LogP contribution in [0.4, 0.5) is 0 Å². The molecule has 94 valence electrons. The van der Waals surface area contributed by atoms with E-state index in [1.807, 2.05) is 6.07 Å². The first kappa shape index (κ1) is 14.6. The minimum absolute atomic E-state index is 0.292. The fraction of sp³-hybridized carbons (Fsp3) is 0.462. The molecule has 1 aromatic rings. The van der Waals surface area contributed by atoms with E-state index in [0.29, 0.717) is 18.1 Å². The quantitative estimate of drug-likeness (QED) is 0.646. The van der Waals surface area contributed by atoms with Gasteiger partial charge in [-0.05, 0) is 40.0 Å². The molecule has 0 aliphatic rings. The van der Waals surface area contributed by atoms with Crippen molar-refractivity contribution in [3.8, 4) is 0 Å². The van der Waals surface area contributed by atoms with Crippen molar-refractivity contribution in [2.75, 3.05) is 6.61 Å². The lowest BCUT2D eigenvalue weighted by molar-refractivity contribution is 0.0432. The molecule has 0 radical (unpaired) electrons. The maximum absolute atomic E-state index is 11.9. The summed E-state index contributed by atoms with van der Waals surface area (Å²) >= 11 is 7.55. The van der Waals surface area contributed by atoms with Gasteiger partial charge in [0.05, 0.1) is 12.2 Å². The van der Waals surface area contributed by atoms with Crippen LogP contribution >= 0.6 is 28.6 Å². The second-order valence-electron chi connectivity index (χ2n) is 3.95. The summed E-state index contributed by atoms with van der Waals surface area (Å²) in [7, 11) is 0. The maximum atomic E-state index is 11.9. The van der Waals surface area contributed by atoms with Gasteiger partial charge in [0, 0.05) is 9.37 Å². The first-order valence-corrected chi connectivity index (χ1v) is 6.98. The van der Waals surface area contributed by atoms with Crippen molar-refractivity contribution in [3.63, 3.8) is 0 Å². The van der Waals surface area contributed by atoms with E-state index >= 15 is 0 Å². The second-order valence-corrected chi connectivity index (χ2v) is 5.32. The van der Waals surface area contributed by atoms with E-state index in [1.54, 1.807) is 12.1 Å². The lowest BCUT2D eigenvalue weighted by atomic mass is 10.1. The highest BCUT2D eigenvalue weighted by Gasteiger charge is 2.13. The fourth-order valence-corrected chi connectivity index (χ4v) is 2.08. The monoisotopic (exact) mass is 316 g/mol. The van der Waals surface area contributed by atoms with Crippen LogP contribution in [0.25, 0.3) is 0 Å². The molecule has 0 amide bonds. The van der Waals surface area contributed by atoms with Crippen LogP contribution in [0.3, 0.4) is 0 Å². The van der Waals surface area contributed by atoms with Crippen molar-refractivity contribution in [1.29, 1.82) is 0 Å². The van der Waals surface area contributed by atoms with Gasteiger partial charge in [-0.1, -0.05) is 26.7 Å². The van der Waals surface area contributed by atoms with Crippen molar-refractivity contribution < 1.29 is 9.53 Å². The summed E-state index contributed by atoms with van der Waals surface area (Å²) in [5.41, 5.74) is 0.531. The van der Waals surface area contributed by atoms with E-state index in [1.165, 1.54) is 0 Å². The number of halogens is 1. The van der Waals surface area contributed by atoms with Crippen LogP contribution in [0.15, 0.2) is 27.6 Å². The van der Waals surface area contributed by atoms with Gasteiger partial charge in [-0.2, -0.15) is 0 Å². The van der Waals surface area contributed by atoms with Crippen LogP contribution in [0.1, 0.15) is 37.0 Å². The molecule has 0 unspecified atom stereocenters. The largest absolute Gasteiger partial charge is 0.462 e. The highest BCUT2D eigenvalue weighted by molar-refractivity contribution is 9.10. The van der Waals surface area contributed by atoms with Gasteiger partial charge in [0.15, 0.2) is 0 Å². The van der Waals surface area contributed by atoms with E-state index in [9.17, 15) is 4.79 Å². The number of carbonyl (C=O) groups excluding carboxylic acids is 1.